The molecule has 9 heteroatoms. The number of benzene rings is 3. The van der Waals surface area contributed by atoms with Crippen molar-refractivity contribution in [1.29, 1.82) is 0 Å². The van der Waals surface area contributed by atoms with Gasteiger partial charge in [0.15, 0.2) is 0 Å². The predicted molar refractivity (Wildman–Crippen MR) is 165 cm³/mol. The van der Waals surface area contributed by atoms with Crippen molar-refractivity contribution in [2.45, 2.75) is 50.7 Å². The first-order valence-electron chi connectivity index (χ1n) is 14.8. The minimum atomic E-state index is -0.457. The number of amidine groups is 1. The largest absolute Gasteiger partial charge is 0.493 e. The number of ether oxygens (including phenoxy) is 1. The second kappa shape index (κ2) is 12.6. The van der Waals surface area contributed by atoms with Crippen molar-refractivity contribution in [3.63, 3.8) is 0 Å². The van der Waals surface area contributed by atoms with Gasteiger partial charge in [-0.1, -0.05) is 47.5 Å². The van der Waals surface area contributed by atoms with Crippen molar-refractivity contribution in [2.24, 2.45) is 4.99 Å². The van der Waals surface area contributed by atoms with Crippen molar-refractivity contribution in [3.8, 4) is 5.75 Å². The zero-order chi connectivity index (χ0) is 29.2. The van der Waals surface area contributed by atoms with E-state index in [-0.39, 0.29) is 6.03 Å². The van der Waals surface area contributed by atoms with Crippen LogP contribution in [0.4, 0.5) is 9.18 Å². The number of hydrogen-bond acceptors (Lipinski definition) is 4. The van der Waals surface area contributed by atoms with E-state index < -0.39 is 17.9 Å². The molecule has 6 nitrogen and oxygen atoms in total. The Morgan fingerprint density at radius 2 is 1.52 bits per heavy atom. The van der Waals surface area contributed by atoms with E-state index in [0.29, 0.717) is 52.9 Å². The van der Waals surface area contributed by atoms with Gasteiger partial charge in [0.2, 0.25) is 0 Å². The Labute approximate surface area is 256 Å². The number of carbonyl (C=O) groups is 1. The second-order valence-corrected chi connectivity index (χ2v) is 12.0. The van der Waals surface area contributed by atoms with Crippen LogP contribution in [0.1, 0.15) is 61.4 Å². The standard InChI is InChI=1S/C33H35Cl2FN4O2/c1-2-42-29-21-26(36)13-14-28(29)32-37-30(22-5-9-24(34)10-6-22)31(23-7-11-25(35)12-8-23)40(32)33(41)39-19-15-27(16-20-39)38-17-3-4-18-38/h5-14,21,27,30-31H,2-4,15-20H2,1H3. The van der Waals surface area contributed by atoms with E-state index in [1.807, 2.05) is 60.4 Å². The average molecular weight is 610 g/mol. The first kappa shape index (κ1) is 29.0. The maximum atomic E-state index is 14.6. The van der Waals surface area contributed by atoms with Crippen LogP contribution >= 0.6 is 23.2 Å². The summed E-state index contributed by atoms with van der Waals surface area (Å²) in [4.78, 5) is 26.1. The van der Waals surface area contributed by atoms with E-state index in [1.54, 1.807) is 11.0 Å². The fraction of sp³-hybridized carbons (Fsp3) is 0.394. The smallest absolute Gasteiger partial charge is 0.326 e. The van der Waals surface area contributed by atoms with Crippen molar-refractivity contribution in [2.75, 3.05) is 32.8 Å². The van der Waals surface area contributed by atoms with Crippen LogP contribution < -0.4 is 4.74 Å². The summed E-state index contributed by atoms with van der Waals surface area (Å²) in [5, 5.41) is 1.23. The van der Waals surface area contributed by atoms with Gasteiger partial charge in [-0.15, -0.1) is 0 Å². The van der Waals surface area contributed by atoms with Crippen LogP contribution in [0.2, 0.25) is 10.0 Å². The molecule has 3 aromatic rings. The van der Waals surface area contributed by atoms with E-state index in [2.05, 4.69) is 4.90 Å². The summed E-state index contributed by atoms with van der Waals surface area (Å²) in [6, 6.07) is 19.0. The quantitative estimate of drug-likeness (QED) is 0.287. The normalized spacial score (nSPS) is 21.6. The molecule has 0 saturated carbocycles. The topological polar surface area (TPSA) is 48.4 Å². The molecule has 2 amide bonds. The first-order chi connectivity index (χ1) is 20.4. The Hall–Kier alpha value is -3.13. The number of urea groups is 1. The molecule has 3 aliphatic heterocycles. The molecule has 220 valence electrons. The fourth-order valence-electron chi connectivity index (χ4n) is 6.49. The van der Waals surface area contributed by atoms with Gasteiger partial charge in [0, 0.05) is 35.2 Å². The number of carbonyl (C=O) groups excluding carboxylic acids is 1. The van der Waals surface area contributed by atoms with Crippen LogP contribution in [0.15, 0.2) is 71.7 Å². The zero-order valence-corrected chi connectivity index (χ0v) is 25.2. The number of aliphatic imine (C=N–C) groups is 1. The maximum absolute atomic E-state index is 14.6. The Balaban J connectivity index is 1.43. The van der Waals surface area contributed by atoms with Crippen LogP contribution in [-0.4, -0.2) is 65.4 Å². The molecule has 0 bridgehead atoms. The summed E-state index contributed by atoms with van der Waals surface area (Å²) in [6.45, 7) is 5.84. The van der Waals surface area contributed by atoms with Crippen LogP contribution in [0.5, 0.6) is 5.75 Å². The summed E-state index contributed by atoms with van der Waals surface area (Å²) in [5.41, 5.74) is 2.40. The van der Waals surface area contributed by atoms with Crippen molar-refractivity contribution in [3.05, 3.63) is 99.3 Å². The highest BCUT2D eigenvalue weighted by Crippen LogP contribution is 2.45. The lowest BCUT2D eigenvalue weighted by Gasteiger charge is -2.40. The van der Waals surface area contributed by atoms with Gasteiger partial charge in [0.05, 0.1) is 18.2 Å². The van der Waals surface area contributed by atoms with E-state index in [4.69, 9.17) is 32.9 Å². The molecule has 2 saturated heterocycles. The van der Waals surface area contributed by atoms with Crippen LogP contribution in [0, 0.1) is 5.82 Å². The molecular formula is C33H35Cl2FN4O2. The summed E-state index contributed by atoms with van der Waals surface area (Å²) in [7, 11) is 0. The first-order valence-corrected chi connectivity index (χ1v) is 15.5. The van der Waals surface area contributed by atoms with Gasteiger partial charge < -0.3 is 14.5 Å². The zero-order valence-electron chi connectivity index (χ0n) is 23.7. The molecule has 0 spiro atoms. The Bertz CT molecular complexity index is 1440. The number of nitrogens with zero attached hydrogens (tertiary/aromatic N) is 4. The van der Waals surface area contributed by atoms with E-state index in [9.17, 15) is 9.18 Å². The van der Waals surface area contributed by atoms with E-state index >= 15 is 0 Å². The second-order valence-electron chi connectivity index (χ2n) is 11.1. The molecule has 3 aliphatic rings. The van der Waals surface area contributed by atoms with Gasteiger partial charge in [-0.05, 0) is 93.2 Å². The summed E-state index contributed by atoms with van der Waals surface area (Å²) in [6.07, 6.45) is 4.39. The summed E-state index contributed by atoms with van der Waals surface area (Å²) >= 11 is 12.5. The Morgan fingerprint density at radius 1 is 0.905 bits per heavy atom. The van der Waals surface area contributed by atoms with Crippen molar-refractivity contribution < 1.29 is 13.9 Å². The predicted octanol–water partition coefficient (Wildman–Crippen LogP) is 7.76. The number of halogens is 3. The van der Waals surface area contributed by atoms with E-state index in [1.165, 1.54) is 25.0 Å². The van der Waals surface area contributed by atoms with Crippen molar-refractivity contribution >= 4 is 35.1 Å². The van der Waals surface area contributed by atoms with Crippen LogP contribution in [0.25, 0.3) is 0 Å². The third kappa shape index (κ3) is 5.87. The minimum Gasteiger partial charge on any atom is -0.493 e. The molecule has 2 fully saturated rings. The third-order valence-electron chi connectivity index (χ3n) is 8.57. The van der Waals surface area contributed by atoms with Gasteiger partial charge >= 0.3 is 6.03 Å². The van der Waals surface area contributed by atoms with Crippen LogP contribution in [-0.2, 0) is 0 Å². The Morgan fingerprint density at radius 3 is 2.14 bits per heavy atom. The number of likely N-dealkylation sites (tertiary alicyclic amines) is 2. The van der Waals surface area contributed by atoms with Gasteiger partial charge in [-0.3, -0.25) is 9.89 Å². The molecule has 3 heterocycles. The lowest BCUT2D eigenvalue weighted by atomic mass is 9.93. The minimum absolute atomic E-state index is 0.114. The lowest BCUT2D eigenvalue weighted by molar-refractivity contribution is 0.117. The SMILES string of the molecule is CCOc1cc(F)ccc1C1=NC(c2ccc(Cl)cc2)C(c2ccc(Cl)cc2)N1C(=O)N1CCC(N2CCCC2)CC1. The highest BCUT2D eigenvalue weighted by Gasteiger charge is 2.45. The molecule has 42 heavy (non-hydrogen) atoms. The van der Waals surface area contributed by atoms with Crippen molar-refractivity contribution in [1.82, 2.24) is 14.7 Å². The summed E-state index contributed by atoms with van der Waals surface area (Å²) < 4.78 is 20.3. The molecular weight excluding hydrogens is 574 g/mol. The fourth-order valence-corrected chi connectivity index (χ4v) is 6.74. The highest BCUT2D eigenvalue weighted by atomic mass is 35.5. The van der Waals surface area contributed by atoms with Gasteiger partial charge in [-0.25, -0.2) is 9.18 Å². The monoisotopic (exact) mass is 608 g/mol. The molecule has 2 unspecified atom stereocenters. The number of amides is 2. The number of piperidine rings is 1. The third-order valence-corrected chi connectivity index (χ3v) is 9.08. The highest BCUT2D eigenvalue weighted by molar-refractivity contribution is 6.30. The summed E-state index contributed by atoms with van der Waals surface area (Å²) in [5.74, 6) is 0.407. The molecule has 0 aromatic heterocycles. The van der Waals surface area contributed by atoms with Gasteiger partial charge in [-0.2, -0.15) is 0 Å². The molecule has 0 aliphatic carbocycles. The molecule has 2 atom stereocenters. The van der Waals surface area contributed by atoms with Gasteiger partial charge in [0.25, 0.3) is 0 Å². The maximum Gasteiger partial charge on any atom is 0.326 e. The van der Waals surface area contributed by atoms with Gasteiger partial charge in [0.1, 0.15) is 23.4 Å². The Kier molecular flexibility index (Phi) is 8.70. The number of rotatable bonds is 6. The molecule has 0 radical (unpaired) electrons. The van der Waals surface area contributed by atoms with E-state index in [0.717, 1.165) is 37.1 Å². The van der Waals surface area contributed by atoms with Crippen LogP contribution in [0.3, 0.4) is 0 Å². The molecule has 0 N–H and O–H groups in total. The molecule has 3 aromatic carbocycles. The number of hydrogen-bond donors (Lipinski definition) is 0. The average Bonchev–Trinajstić information content (AvgIpc) is 3.67. The molecule has 6 rings (SSSR count). The lowest BCUT2D eigenvalue weighted by Crippen LogP contribution is -2.52.